The van der Waals surface area contributed by atoms with Crippen LogP contribution in [0.2, 0.25) is 0 Å². The minimum Gasteiger partial charge on any atom is -0.378 e. The van der Waals surface area contributed by atoms with Gasteiger partial charge >= 0.3 is 0 Å². The lowest BCUT2D eigenvalue weighted by atomic mass is 10.1. The van der Waals surface area contributed by atoms with Gasteiger partial charge in [-0.15, -0.1) is 0 Å². The highest BCUT2D eigenvalue weighted by atomic mass is 16.5. The van der Waals surface area contributed by atoms with E-state index in [9.17, 15) is 4.79 Å². The number of ether oxygens (including phenoxy) is 2. The van der Waals surface area contributed by atoms with E-state index < -0.39 is 0 Å². The highest BCUT2D eigenvalue weighted by Crippen LogP contribution is 2.25. The Morgan fingerprint density at radius 2 is 2.27 bits per heavy atom. The number of morpholine rings is 1. The molecule has 4 heterocycles. The Morgan fingerprint density at radius 1 is 1.31 bits per heavy atom. The third-order valence-electron chi connectivity index (χ3n) is 4.75. The predicted molar refractivity (Wildman–Crippen MR) is 92.3 cm³/mol. The SMILES string of the molecule is O=C(N[C@@H]1CN2CCOC[C@H]2[C@@H]1OCc1ccccn1)c1cnccn1. The number of carbonyl (C=O) groups excluding carboxylic acids is 1. The fourth-order valence-corrected chi connectivity index (χ4v) is 3.49. The zero-order chi connectivity index (χ0) is 17.8. The molecule has 0 bridgehead atoms. The van der Waals surface area contributed by atoms with Crippen molar-refractivity contribution >= 4 is 5.91 Å². The van der Waals surface area contributed by atoms with Crippen LogP contribution < -0.4 is 5.32 Å². The second kappa shape index (κ2) is 7.86. The van der Waals surface area contributed by atoms with Crippen LogP contribution in [0.25, 0.3) is 0 Å². The van der Waals surface area contributed by atoms with E-state index in [0.717, 1.165) is 18.8 Å². The van der Waals surface area contributed by atoms with E-state index in [1.165, 1.54) is 12.4 Å². The average molecular weight is 355 g/mol. The first-order valence-corrected chi connectivity index (χ1v) is 8.71. The third-order valence-corrected chi connectivity index (χ3v) is 4.75. The van der Waals surface area contributed by atoms with Crippen LogP contribution >= 0.6 is 0 Å². The first-order valence-electron chi connectivity index (χ1n) is 8.71. The molecule has 0 unspecified atom stereocenters. The molecule has 0 radical (unpaired) electrons. The van der Waals surface area contributed by atoms with Crippen LogP contribution in [0.4, 0.5) is 0 Å². The monoisotopic (exact) mass is 355 g/mol. The highest BCUT2D eigenvalue weighted by Gasteiger charge is 2.44. The van der Waals surface area contributed by atoms with E-state index in [-0.39, 0.29) is 24.1 Å². The van der Waals surface area contributed by atoms with Gasteiger partial charge in [-0.1, -0.05) is 6.07 Å². The molecule has 0 aliphatic carbocycles. The molecule has 2 saturated heterocycles. The van der Waals surface area contributed by atoms with E-state index in [0.29, 0.717) is 25.5 Å². The molecule has 8 nitrogen and oxygen atoms in total. The molecule has 8 heteroatoms. The quantitative estimate of drug-likeness (QED) is 0.823. The van der Waals surface area contributed by atoms with Crippen LogP contribution in [-0.4, -0.2) is 70.2 Å². The largest absolute Gasteiger partial charge is 0.378 e. The molecule has 2 fully saturated rings. The van der Waals surface area contributed by atoms with Gasteiger partial charge in [0.2, 0.25) is 0 Å². The number of amides is 1. The van der Waals surface area contributed by atoms with Crippen molar-refractivity contribution in [3.05, 3.63) is 54.4 Å². The number of carbonyl (C=O) groups is 1. The van der Waals surface area contributed by atoms with Crippen molar-refractivity contribution in [2.24, 2.45) is 0 Å². The normalized spacial score (nSPS) is 25.6. The Kier molecular flexibility index (Phi) is 5.14. The lowest BCUT2D eigenvalue weighted by Gasteiger charge is -2.32. The van der Waals surface area contributed by atoms with Gasteiger partial charge in [0.1, 0.15) is 5.69 Å². The van der Waals surface area contributed by atoms with Crippen molar-refractivity contribution in [3.8, 4) is 0 Å². The maximum atomic E-state index is 12.5. The average Bonchev–Trinajstić information content (AvgIpc) is 3.05. The molecule has 0 saturated carbocycles. The van der Waals surface area contributed by atoms with Gasteiger partial charge in [-0.25, -0.2) is 4.98 Å². The summed E-state index contributed by atoms with van der Waals surface area (Å²) in [5, 5.41) is 3.05. The minimum absolute atomic E-state index is 0.125. The van der Waals surface area contributed by atoms with Gasteiger partial charge in [0.25, 0.3) is 5.91 Å². The van der Waals surface area contributed by atoms with Gasteiger partial charge in [0, 0.05) is 31.7 Å². The number of nitrogens with one attached hydrogen (secondary N) is 1. The Balaban J connectivity index is 1.46. The van der Waals surface area contributed by atoms with Gasteiger partial charge in [-0.3, -0.25) is 19.7 Å². The maximum Gasteiger partial charge on any atom is 0.271 e. The fourth-order valence-electron chi connectivity index (χ4n) is 3.49. The Morgan fingerprint density at radius 3 is 3.08 bits per heavy atom. The second-order valence-electron chi connectivity index (χ2n) is 6.40. The van der Waals surface area contributed by atoms with Crippen LogP contribution in [0.5, 0.6) is 0 Å². The molecular weight excluding hydrogens is 334 g/mol. The van der Waals surface area contributed by atoms with E-state index in [4.69, 9.17) is 9.47 Å². The van der Waals surface area contributed by atoms with Gasteiger partial charge in [-0.05, 0) is 12.1 Å². The summed E-state index contributed by atoms with van der Waals surface area (Å²) in [7, 11) is 0. The summed E-state index contributed by atoms with van der Waals surface area (Å²) in [5.41, 5.74) is 1.17. The molecular formula is C18H21N5O3. The summed E-state index contributed by atoms with van der Waals surface area (Å²) in [6.45, 7) is 3.27. The van der Waals surface area contributed by atoms with Crippen LogP contribution in [0, 0.1) is 0 Å². The summed E-state index contributed by atoms with van der Waals surface area (Å²) >= 11 is 0. The van der Waals surface area contributed by atoms with E-state index in [1.54, 1.807) is 12.4 Å². The maximum absolute atomic E-state index is 12.5. The standard InChI is InChI=1S/C18H21N5O3/c24-18(14-9-19-5-6-21-14)22-15-10-23-7-8-25-12-16(23)17(15)26-11-13-3-1-2-4-20-13/h1-6,9,15-17H,7-8,10-12H2,(H,22,24)/t15-,16+,17-/m1/s1. The number of aromatic nitrogens is 3. The molecule has 2 aliphatic heterocycles. The molecule has 0 aromatic carbocycles. The Labute approximate surface area is 151 Å². The second-order valence-corrected chi connectivity index (χ2v) is 6.40. The van der Waals surface area contributed by atoms with Crippen molar-refractivity contribution in [1.29, 1.82) is 0 Å². The topological polar surface area (TPSA) is 89.5 Å². The fraction of sp³-hybridized carbons (Fsp3) is 0.444. The zero-order valence-corrected chi connectivity index (χ0v) is 14.3. The number of rotatable bonds is 5. The van der Waals surface area contributed by atoms with E-state index in [1.807, 2.05) is 18.2 Å². The highest BCUT2D eigenvalue weighted by molar-refractivity contribution is 5.92. The summed E-state index contributed by atoms with van der Waals surface area (Å²) < 4.78 is 11.8. The molecule has 1 amide bonds. The number of hydrogen-bond donors (Lipinski definition) is 1. The molecule has 3 atom stereocenters. The van der Waals surface area contributed by atoms with Crippen LogP contribution in [0.15, 0.2) is 43.0 Å². The van der Waals surface area contributed by atoms with Crippen molar-refractivity contribution in [2.75, 3.05) is 26.3 Å². The molecule has 26 heavy (non-hydrogen) atoms. The molecule has 2 aromatic rings. The number of nitrogens with zero attached hydrogens (tertiary/aromatic N) is 4. The summed E-state index contributed by atoms with van der Waals surface area (Å²) in [4.78, 5) is 27.1. The number of hydrogen-bond acceptors (Lipinski definition) is 7. The molecule has 1 N–H and O–H groups in total. The number of pyridine rings is 1. The van der Waals surface area contributed by atoms with Crippen molar-refractivity contribution < 1.29 is 14.3 Å². The Hall–Kier alpha value is -2.42. The predicted octanol–water partition coefficient (Wildman–Crippen LogP) is 0.270. The van der Waals surface area contributed by atoms with Crippen LogP contribution in [0.1, 0.15) is 16.2 Å². The van der Waals surface area contributed by atoms with Crippen LogP contribution in [0.3, 0.4) is 0 Å². The lowest BCUT2D eigenvalue weighted by molar-refractivity contribution is -0.0537. The Bertz CT molecular complexity index is 730. The van der Waals surface area contributed by atoms with Crippen LogP contribution in [-0.2, 0) is 16.1 Å². The first-order chi connectivity index (χ1) is 12.8. The van der Waals surface area contributed by atoms with Gasteiger partial charge in [-0.2, -0.15) is 0 Å². The summed E-state index contributed by atoms with van der Waals surface area (Å²) in [5.74, 6) is -0.240. The molecule has 2 aliphatic rings. The lowest BCUT2D eigenvalue weighted by Crippen LogP contribution is -2.48. The molecule has 2 aromatic heterocycles. The summed E-state index contributed by atoms with van der Waals surface area (Å²) in [6, 6.07) is 5.72. The molecule has 0 spiro atoms. The third kappa shape index (κ3) is 3.72. The number of fused-ring (bicyclic) bond motifs is 1. The zero-order valence-electron chi connectivity index (χ0n) is 14.3. The molecule has 136 valence electrons. The van der Waals surface area contributed by atoms with Gasteiger partial charge in [0.05, 0.1) is 49.9 Å². The first kappa shape index (κ1) is 17.0. The molecule has 4 rings (SSSR count). The van der Waals surface area contributed by atoms with E-state index in [2.05, 4.69) is 25.2 Å². The van der Waals surface area contributed by atoms with Gasteiger partial charge < -0.3 is 14.8 Å². The van der Waals surface area contributed by atoms with E-state index >= 15 is 0 Å². The van der Waals surface area contributed by atoms with Gasteiger partial charge in [0.15, 0.2) is 0 Å². The van der Waals surface area contributed by atoms with Crippen molar-refractivity contribution in [2.45, 2.75) is 24.8 Å². The summed E-state index contributed by atoms with van der Waals surface area (Å²) in [6.07, 6.45) is 6.09. The van der Waals surface area contributed by atoms with Crippen molar-refractivity contribution in [3.63, 3.8) is 0 Å². The van der Waals surface area contributed by atoms with Crippen molar-refractivity contribution in [1.82, 2.24) is 25.2 Å². The smallest absolute Gasteiger partial charge is 0.271 e. The minimum atomic E-state index is -0.240.